The summed E-state index contributed by atoms with van der Waals surface area (Å²) in [6.07, 6.45) is 6.32. The maximum absolute atomic E-state index is 10.6. The first-order valence-electron chi connectivity index (χ1n) is 8.97. The van der Waals surface area contributed by atoms with E-state index in [1.54, 1.807) is 14.2 Å². The quantitative estimate of drug-likeness (QED) is 0.262. The third-order valence-corrected chi connectivity index (χ3v) is 2.44. The van der Waals surface area contributed by atoms with Crippen molar-refractivity contribution < 1.29 is 38.4 Å². The fourth-order valence-electron chi connectivity index (χ4n) is 1.14. The molecule has 1 fully saturated rings. The van der Waals surface area contributed by atoms with Gasteiger partial charge in [0.1, 0.15) is 18.9 Å². The molecular weight excluding hydrogens is 372 g/mol. The number of unbranched alkanes of at least 4 members (excludes halogenated alkanes) is 3. The lowest BCUT2D eigenvalue weighted by Crippen LogP contribution is -2.28. The van der Waals surface area contributed by atoms with E-state index in [9.17, 15) is 28.8 Å². The van der Waals surface area contributed by atoms with Gasteiger partial charge in [-0.25, -0.2) is 5.48 Å². The minimum atomic E-state index is -0.461. The molecule has 0 spiro atoms. The van der Waals surface area contributed by atoms with Gasteiger partial charge < -0.3 is 24.1 Å². The molecule has 10 heteroatoms. The van der Waals surface area contributed by atoms with Gasteiger partial charge in [-0.05, 0) is 6.42 Å². The number of imide groups is 1. The molecule has 1 aliphatic rings. The van der Waals surface area contributed by atoms with Crippen LogP contribution < -0.4 is 5.48 Å². The summed E-state index contributed by atoms with van der Waals surface area (Å²) in [5.41, 5.74) is 2.43. The van der Waals surface area contributed by atoms with Crippen molar-refractivity contribution in [2.75, 3.05) is 14.2 Å². The van der Waals surface area contributed by atoms with Crippen molar-refractivity contribution >= 4 is 37.1 Å². The molecule has 0 saturated carbocycles. The van der Waals surface area contributed by atoms with E-state index in [2.05, 4.69) is 22.1 Å². The number of nitrogens with one attached hydrogen (secondary N) is 1. The van der Waals surface area contributed by atoms with Gasteiger partial charge in [0.05, 0.1) is 7.11 Å². The Hall–Kier alpha value is -2.46. The number of hydrogen-bond acceptors (Lipinski definition) is 9. The highest BCUT2D eigenvalue weighted by Crippen LogP contribution is 2.10. The van der Waals surface area contributed by atoms with Crippen LogP contribution in [0, 0.1) is 0 Å². The Balaban J connectivity index is -0.000000141. The summed E-state index contributed by atoms with van der Waals surface area (Å²) in [7, 11) is 3.28. The van der Waals surface area contributed by atoms with Crippen molar-refractivity contribution in [2.45, 2.75) is 65.7 Å². The number of hydroxylamine groups is 3. The van der Waals surface area contributed by atoms with Crippen LogP contribution >= 0.6 is 0 Å². The lowest BCUT2D eigenvalue weighted by atomic mass is 10.3. The van der Waals surface area contributed by atoms with E-state index >= 15 is 0 Å². The highest BCUT2D eigenvalue weighted by molar-refractivity contribution is 6.01. The van der Waals surface area contributed by atoms with E-state index in [0.29, 0.717) is 17.9 Å². The molecular formula is C18H34N2O8. The number of carbonyl (C=O) groups is 6. The molecule has 28 heavy (non-hydrogen) atoms. The molecule has 1 rings (SSSR count). The van der Waals surface area contributed by atoms with Gasteiger partial charge in [0.2, 0.25) is 0 Å². The first-order valence-corrected chi connectivity index (χ1v) is 8.97. The van der Waals surface area contributed by atoms with E-state index in [-0.39, 0.29) is 19.3 Å². The third kappa shape index (κ3) is 28.3. The average Bonchev–Trinajstić information content (AvgIpc) is 3.05. The van der Waals surface area contributed by atoms with Crippen molar-refractivity contribution in [3.63, 3.8) is 0 Å². The molecule has 0 aromatic rings. The third-order valence-electron chi connectivity index (χ3n) is 2.44. The first-order chi connectivity index (χ1) is 13.5. The smallest absolute Gasteiger partial charge is 0.321 e. The predicted octanol–water partition coefficient (Wildman–Crippen LogP) is 1.56. The van der Waals surface area contributed by atoms with Gasteiger partial charge in [-0.3, -0.25) is 14.4 Å². The standard InChI is InChI=1S/C5H5NO4.C5H10O.C4H6O2.C2H7NO.C2H6/c7-3-10-6-4(8)1-2-5(6)9;1-2-3-4-5-6;5-3-1-2-4-6;1-3-4-2;1-2/h3H,1-2H2;5H,2-4H2,1H3;3-4H,1-2H2;3H,1-2H3;1-2H3. The van der Waals surface area contributed by atoms with E-state index in [1.165, 1.54) is 0 Å². The second-order valence-corrected chi connectivity index (χ2v) is 4.41. The van der Waals surface area contributed by atoms with Crippen LogP contribution in [0.15, 0.2) is 0 Å². The van der Waals surface area contributed by atoms with Gasteiger partial charge in [0.15, 0.2) is 0 Å². The lowest BCUT2D eigenvalue weighted by Gasteiger charge is -2.06. The highest BCUT2D eigenvalue weighted by Gasteiger charge is 2.30. The Bertz CT molecular complexity index is 377. The molecule has 1 N–H and O–H groups in total. The van der Waals surface area contributed by atoms with E-state index in [0.717, 1.165) is 38.1 Å². The SMILES string of the molecule is CC.CCCCC=O.CNOC.O=CCCC=O.O=CON1C(=O)CCC1=O. The summed E-state index contributed by atoms with van der Waals surface area (Å²) in [4.78, 5) is 67.6. The predicted molar refractivity (Wildman–Crippen MR) is 103 cm³/mol. The van der Waals surface area contributed by atoms with Crippen molar-refractivity contribution in [2.24, 2.45) is 0 Å². The second-order valence-electron chi connectivity index (χ2n) is 4.41. The fraction of sp³-hybridized carbons (Fsp3) is 0.667. The number of amides is 2. The molecule has 0 radical (unpaired) electrons. The normalized spacial score (nSPS) is 11.0. The molecule has 0 aromatic carbocycles. The molecule has 0 unspecified atom stereocenters. The minimum absolute atomic E-state index is 0.0567. The number of carbonyl (C=O) groups excluding carboxylic acids is 6. The largest absolute Gasteiger partial charge is 0.334 e. The highest BCUT2D eigenvalue weighted by atomic mass is 16.7. The monoisotopic (exact) mass is 406 g/mol. The summed E-state index contributed by atoms with van der Waals surface area (Å²) in [6, 6.07) is 0. The Morgan fingerprint density at radius 1 is 0.929 bits per heavy atom. The van der Waals surface area contributed by atoms with E-state index in [4.69, 9.17) is 0 Å². The summed E-state index contributed by atoms with van der Waals surface area (Å²) in [5.74, 6) is -0.922. The average molecular weight is 406 g/mol. The molecule has 0 bridgehead atoms. The number of aldehydes is 3. The van der Waals surface area contributed by atoms with Crippen LogP contribution in [0.25, 0.3) is 0 Å². The van der Waals surface area contributed by atoms with Gasteiger partial charge in [-0.1, -0.05) is 27.2 Å². The number of hydrogen-bond donors (Lipinski definition) is 1. The van der Waals surface area contributed by atoms with Crippen molar-refractivity contribution in [3.8, 4) is 0 Å². The summed E-state index contributed by atoms with van der Waals surface area (Å²) in [5, 5.41) is 0.479. The molecule has 0 aliphatic carbocycles. The van der Waals surface area contributed by atoms with Crippen LogP contribution in [0.3, 0.4) is 0 Å². The maximum Gasteiger partial charge on any atom is 0.321 e. The molecule has 1 aliphatic heterocycles. The van der Waals surface area contributed by atoms with Crippen LogP contribution in [0.4, 0.5) is 0 Å². The molecule has 1 heterocycles. The van der Waals surface area contributed by atoms with Crippen LogP contribution in [0.2, 0.25) is 0 Å². The Labute approximate surface area is 166 Å². The van der Waals surface area contributed by atoms with Crippen LogP contribution in [0.5, 0.6) is 0 Å². The zero-order valence-electron chi connectivity index (χ0n) is 17.5. The van der Waals surface area contributed by atoms with Gasteiger partial charge in [0, 0.05) is 39.2 Å². The first kappa shape index (κ1) is 33.1. The van der Waals surface area contributed by atoms with Crippen LogP contribution in [-0.2, 0) is 38.4 Å². The topological polar surface area (TPSA) is 136 Å². The zero-order chi connectivity index (χ0) is 22.6. The van der Waals surface area contributed by atoms with Crippen molar-refractivity contribution in [3.05, 3.63) is 0 Å². The molecule has 164 valence electrons. The summed E-state index contributed by atoms with van der Waals surface area (Å²) < 4.78 is 0. The van der Waals surface area contributed by atoms with Gasteiger partial charge in [-0.15, -0.1) is 5.06 Å². The second kappa shape index (κ2) is 32.2. The Morgan fingerprint density at radius 3 is 1.54 bits per heavy atom. The van der Waals surface area contributed by atoms with E-state index in [1.807, 2.05) is 13.8 Å². The number of nitrogens with zero attached hydrogens (tertiary/aromatic N) is 1. The van der Waals surface area contributed by atoms with Crippen LogP contribution in [-0.4, -0.2) is 56.4 Å². The summed E-state index contributed by atoms with van der Waals surface area (Å²) in [6.45, 7) is 6.13. The minimum Gasteiger partial charge on any atom is -0.334 e. The Kier molecular flexibility index (Phi) is 38.2. The molecule has 0 atom stereocenters. The maximum atomic E-state index is 10.6. The summed E-state index contributed by atoms with van der Waals surface area (Å²) >= 11 is 0. The van der Waals surface area contributed by atoms with Crippen LogP contribution in [0.1, 0.15) is 65.7 Å². The fourth-order valence-corrected chi connectivity index (χ4v) is 1.14. The van der Waals surface area contributed by atoms with E-state index < -0.39 is 11.8 Å². The molecule has 2 amide bonds. The van der Waals surface area contributed by atoms with Crippen molar-refractivity contribution in [1.29, 1.82) is 0 Å². The van der Waals surface area contributed by atoms with Gasteiger partial charge >= 0.3 is 6.47 Å². The zero-order valence-corrected chi connectivity index (χ0v) is 17.5. The molecule has 10 nitrogen and oxygen atoms in total. The van der Waals surface area contributed by atoms with Crippen molar-refractivity contribution in [1.82, 2.24) is 10.5 Å². The molecule has 0 aromatic heterocycles. The molecule has 1 saturated heterocycles. The lowest BCUT2D eigenvalue weighted by molar-refractivity contribution is -0.188. The van der Waals surface area contributed by atoms with Gasteiger partial charge in [-0.2, -0.15) is 0 Å². The Morgan fingerprint density at radius 2 is 1.32 bits per heavy atom. The number of rotatable bonds is 9. The van der Waals surface area contributed by atoms with Gasteiger partial charge in [0.25, 0.3) is 11.8 Å².